The van der Waals surface area contributed by atoms with E-state index < -0.39 is 23.4 Å². The Hall–Kier alpha value is -3.90. The van der Waals surface area contributed by atoms with Crippen LogP contribution in [0, 0.1) is 15.9 Å². The number of nitro groups is 1. The molecule has 0 radical (unpaired) electrons. The summed E-state index contributed by atoms with van der Waals surface area (Å²) in [7, 11) is 0. The Balaban J connectivity index is 1.36. The van der Waals surface area contributed by atoms with Crippen molar-refractivity contribution in [2.45, 2.75) is 0 Å². The average molecular weight is 486 g/mol. The first kappa shape index (κ1) is 23.3. The number of hydrogen-bond acceptors (Lipinski definition) is 9. The lowest BCUT2D eigenvalue weighted by Crippen LogP contribution is -2.36. The van der Waals surface area contributed by atoms with E-state index in [-0.39, 0.29) is 22.2 Å². The lowest BCUT2D eigenvalue weighted by atomic mass is 10.1. The highest BCUT2D eigenvalue weighted by molar-refractivity contribution is 7.14. The highest BCUT2D eigenvalue weighted by Gasteiger charge is 2.24. The Kier molecular flexibility index (Phi) is 7.09. The van der Waals surface area contributed by atoms with E-state index in [4.69, 9.17) is 9.47 Å². The number of carbonyl (C=O) groups is 2. The Morgan fingerprint density at radius 3 is 2.65 bits per heavy atom. The summed E-state index contributed by atoms with van der Waals surface area (Å²) in [5.41, 5.74) is 1.38. The molecule has 0 atom stereocenters. The summed E-state index contributed by atoms with van der Waals surface area (Å²) in [6, 6.07) is 9.82. The quantitative estimate of drug-likeness (QED) is 0.306. The molecule has 0 bridgehead atoms. The third-order valence-corrected chi connectivity index (χ3v) is 5.74. The van der Waals surface area contributed by atoms with Crippen LogP contribution >= 0.6 is 11.3 Å². The standard InChI is InChI=1S/C22H19FN4O6S/c23-16-4-1-14(2-5-16)17-13-34-22(24-17)25-20(28)12-33-21(29)15-3-6-18(19(11-15)27(30)31)26-7-9-32-10-8-26/h1-6,11,13H,7-10,12H2,(H,24,25,28). The largest absolute Gasteiger partial charge is 0.452 e. The minimum Gasteiger partial charge on any atom is -0.452 e. The second-order valence-corrected chi connectivity index (χ2v) is 8.09. The summed E-state index contributed by atoms with van der Waals surface area (Å²) < 4.78 is 23.3. The minimum absolute atomic E-state index is 0.0376. The third-order valence-electron chi connectivity index (χ3n) is 4.98. The molecule has 34 heavy (non-hydrogen) atoms. The van der Waals surface area contributed by atoms with Crippen LogP contribution < -0.4 is 10.2 Å². The molecule has 176 valence electrons. The zero-order valence-corrected chi connectivity index (χ0v) is 18.5. The molecule has 1 amide bonds. The molecule has 2 aromatic carbocycles. The van der Waals surface area contributed by atoms with Crippen molar-refractivity contribution >= 4 is 39.7 Å². The molecule has 12 heteroatoms. The predicted octanol–water partition coefficient (Wildman–Crippen LogP) is 3.49. The number of nitro benzene ring substituents is 1. The summed E-state index contributed by atoms with van der Waals surface area (Å²) in [5, 5.41) is 16.0. The maximum atomic E-state index is 13.1. The summed E-state index contributed by atoms with van der Waals surface area (Å²) in [5.74, 6) is -1.85. The first-order valence-corrected chi connectivity index (χ1v) is 11.1. The lowest BCUT2D eigenvalue weighted by Gasteiger charge is -2.28. The number of ether oxygens (including phenoxy) is 2. The molecule has 1 fully saturated rings. The fourth-order valence-electron chi connectivity index (χ4n) is 3.32. The number of thiazole rings is 1. The normalized spacial score (nSPS) is 13.4. The molecular formula is C22H19FN4O6S. The van der Waals surface area contributed by atoms with E-state index in [1.807, 2.05) is 4.90 Å². The number of benzene rings is 2. The number of amides is 1. The van der Waals surface area contributed by atoms with Crippen molar-refractivity contribution in [1.29, 1.82) is 0 Å². The van der Waals surface area contributed by atoms with Crippen LogP contribution in [0.5, 0.6) is 0 Å². The van der Waals surface area contributed by atoms with Gasteiger partial charge in [0.15, 0.2) is 11.7 Å². The van der Waals surface area contributed by atoms with Crippen LogP contribution in [0.15, 0.2) is 47.8 Å². The summed E-state index contributed by atoms with van der Waals surface area (Å²) >= 11 is 1.16. The van der Waals surface area contributed by atoms with Gasteiger partial charge in [0.2, 0.25) is 0 Å². The number of hydrogen-bond donors (Lipinski definition) is 1. The molecule has 1 N–H and O–H groups in total. The van der Waals surface area contributed by atoms with E-state index in [2.05, 4.69) is 10.3 Å². The zero-order chi connectivity index (χ0) is 24.1. The van der Waals surface area contributed by atoms with E-state index in [1.165, 1.54) is 24.3 Å². The Morgan fingerprint density at radius 2 is 1.94 bits per heavy atom. The van der Waals surface area contributed by atoms with Gasteiger partial charge < -0.3 is 14.4 Å². The van der Waals surface area contributed by atoms with Crippen LogP contribution in [0.1, 0.15) is 10.4 Å². The van der Waals surface area contributed by atoms with E-state index in [1.54, 1.807) is 17.5 Å². The van der Waals surface area contributed by atoms with Gasteiger partial charge >= 0.3 is 5.97 Å². The van der Waals surface area contributed by atoms with Gasteiger partial charge in [-0.2, -0.15) is 0 Å². The van der Waals surface area contributed by atoms with Crippen molar-refractivity contribution in [3.8, 4) is 11.3 Å². The maximum absolute atomic E-state index is 13.1. The highest BCUT2D eigenvalue weighted by Crippen LogP contribution is 2.30. The van der Waals surface area contributed by atoms with Gasteiger partial charge in [-0.25, -0.2) is 14.2 Å². The zero-order valence-electron chi connectivity index (χ0n) is 17.7. The summed E-state index contributed by atoms with van der Waals surface area (Å²) in [4.78, 5) is 41.6. The second-order valence-electron chi connectivity index (χ2n) is 7.23. The number of halogens is 1. The fourth-order valence-corrected chi connectivity index (χ4v) is 4.06. The molecule has 1 saturated heterocycles. The van der Waals surface area contributed by atoms with Crippen LogP contribution in [0.4, 0.5) is 20.9 Å². The molecular weight excluding hydrogens is 467 g/mol. The number of rotatable bonds is 7. The molecule has 0 unspecified atom stereocenters. The minimum atomic E-state index is -0.863. The second kappa shape index (κ2) is 10.4. The SMILES string of the molecule is O=C(COC(=O)c1ccc(N2CCOCC2)c([N+](=O)[O-])c1)Nc1nc(-c2ccc(F)cc2)cs1. The van der Waals surface area contributed by atoms with Gasteiger partial charge in [-0.3, -0.25) is 20.2 Å². The number of nitrogens with one attached hydrogen (secondary N) is 1. The Labute approximate surface area is 197 Å². The van der Waals surface area contributed by atoms with E-state index in [0.29, 0.717) is 43.2 Å². The van der Waals surface area contributed by atoms with Crippen LogP contribution in [0.25, 0.3) is 11.3 Å². The van der Waals surface area contributed by atoms with Crippen LogP contribution in [0.2, 0.25) is 0 Å². The van der Waals surface area contributed by atoms with Crippen molar-refractivity contribution in [3.05, 3.63) is 69.3 Å². The Bertz CT molecular complexity index is 1210. The van der Waals surface area contributed by atoms with E-state index >= 15 is 0 Å². The van der Waals surface area contributed by atoms with Crippen LogP contribution in [0.3, 0.4) is 0 Å². The monoisotopic (exact) mass is 486 g/mol. The summed E-state index contributed by atoms with van der Waals surface area (Å²) in [6.07, 6.45) is 0. The first-order chi connectivity index (χ1) is 16.4. The van der Waals surface area contributed by atoms with Crippen molar-refractivity contribution in [2.24, 2.45) is 0 Å². The number of nitrogens with zero attached hydrogens (tertiary/aromatic N) is 3. The molecule has 0 saturated carbocycles. The van der Waals surface area contributed by atoms with Gasteiger partial charge in [0.05, 0.1) is 29.4 Å². The topological polar surface area (TPSA) is 124 Å². The maximum Gasteiger partial charge on any atom is 0.338 e. The molecule has 0 aliphatic carbocycles. The first-order valence-electron chi connectivity index (χ1n) is 10.2. The molecule has 0 spiro atoms. The molecule has 2 heterocycles. The number of anilines is 2. The highest BCUT2D eigenvalue weighted by atomic mass is 32.1. The van der Waals surface area contributed by atoms with E-state index in [0.717, 1.165) is 17.4 Å². The van der Waals surface area contributed by atoms with Gasteiger partial charge in [0.1, 0.15) is 11.5 Å². The van der Waals surface area contributed by atoms with Crippen molar-refractivity contribution in [3.63, 3.8) is 0 Å². The van der Waals surface area contributed by atoms with Crippen molar-refractivity contribution < 1.29 is 28.4 Å². The van der Waals surface area contributed by atoms with Crippen LogP contribution in [-0.4, -0.2) is 54.7 Å². The van der Waals surface area contributed by atoms with Crippen molar-refractivity contribution in [2.75, 3.05) is 43.1 Å². The van der Waals surface area contributed by atoms with Crippen LogP contribution in [-0.2, 0) is 14.3 Å². The molecule has 4 rings (SSSR count). The number of carbonyl (C=O) groups excluding carboxylic acids is 2. The summed E-state index contributed by atoms with van der Waals surface area (Å²) in [6.45, 7) is 1.33. The van der Waals surface area contributed by atoms with Gasteiger partial charge in [-0.1, -0.05) is 0 Å². The number of aromatic nitrogens is 1. The smallest absolute Gasteiger partial charge is 0.338 e. The van der Waals surface area contributed by atoms with Gasteiger partial charge in [-0.15, -0.1) is 11.3 Å². The van der Waals surface area contributed by atoms with E-state index in [9.17, 15) is 24.1 Å². The molecule has 1 aliphatic heterocycles. The lowest BCUT2D eigenvalue weighted by molar-refractivity contribution is -0.384. The number of morpholine rings is 1. The average Bonchev–Trinajstić information content (AvgIpc) is 3.31. The molecule has 1 aromatic heterocycles. The molecule has 3 aromatic rings. The number of esters is 1. The van der Waals surface area contributed by atoms with Gasteiger partial charge in [-0.05, 0) is 36.4 Å². The fraction of sp³-hybridized carbons (Fsp3) is 0.227. The van der Waals surface area contributed by atoms with Gasteiger partial charge in [0.25, 0.3) is 11.6 Å². The third kappa shape index (κ3) is 5.53. The van der Waals surface area contributed by atoms with Gasteiger partial charge in [0, 0.05) is 30.1 Å². The molecule has 10 nitrogen and oxygen atoms in total. The predicted molar refractivity (Wildman–Crippen MR) is 123 cm³/mol. The Morgan fingerprint density at radius 1 is 1.21 bits per heavy atom. The molecule has 1 aliphatic rings. The van der Waals surface area contributed by atoms with Crippen molar-refractivity contribution in [1.82, 2.24) is 4.98 Å².